The van der Waals surface area contributed by atoms with E-state index >= 15 is 0 Å². The molecule has 12 heteroatoms. The predicted octanol–water partition coefficient (Wildman–Crippen LogP) is 1.69. The Morgan fingerprint density at radius 2 is 1.78 bits per heavy atom. The molecule has 168 valence electrons. The average molecular weight is 457 g/mol. The van der Waals surface area contributed by atoms with Crippen molar-refractivity contribution in [3.8, 4) is 0 Å². The summed E-state index contributed by atoms with van der Waals surface area (Å²) in [5.41, 5.74) is 2.52. The van der Waals surface area contributed by atoms with E-state index in [1.807, 2.05) is 6.92 Å². The first kappa shape index (κ1) is 22.9. The summed E-state index contributed by atoms with van der Waals surface area (Å²) in [6.07, 6.45) is 5.70. The van der Waals surface area contributed by atoms with Crippen LogP contribution in [0.4, 0.5) is 23.3 Å². The predicted molar refractivity (Wildman–Crippen MR) is 122 cm³/mol. The third kappa shape index (κ3) is 5.46. The molecule has 0 aliphatic heterocycles. The molecule has 0 aliphatic carbocycles. The molecular weight excluding hydrogens is 432 g/mol. The van der Waals surface area contributed by atoms with E-state index in [-0.39, 0.29) is 18.3 Å². The van der Waals surface area contributed by atoms with Crippen molar-refractivity contribution < 1.29 is 13.2 Å². The van der Waals surface area contributed by atoms with Gasteiger partial charge in [-0.2, -0.15) is 4.98 Å². The third-order valence-electron chi connectivity index (χ3n) is 4.57. The Kier molecular flexibility index (Phi) is 6.83. The Hall–Kier alpha value is -3.80. The molecular formula is C20H24N8O3S. The van der Waals surface area contributed by atoms with Crippen molar-refractivity contribution in [2.45, 2.75) is 13.5 Å². The van der Waals surface area contributed by atoms with Gasteiger partial charge in [0.15, 0.2) is 5.82 Å². The molecule has 1 aromatic carbocycles. The van der Waals surface area contributed by atoms with E-state index in [9.17, 15) is 13.2 Å². The van der Waals surface area contributed by atoms with Crippen molar-refractivity contribution in [2.24, 2.45) is 0 Å². The monoisotopic (exact) mass is 456 g/mol. The number of amides is 1. The van der Waals surface area contributed by atoms with E-state index < -0.39 is 10.0 Å². The van der Waals surface area contributed by atoms with E-state index in [2.05, 4.69) is 35.9 Å². The molecule has 11 nitrogen and oxygen atoms in total. The molecule has 32 heavy (non-hydrogen) atoms. The van der Waals surface area contributed by atoms with Crippen molar-refractivity contribution in [2.75, 3.05) is 35.3 Å². The molecule has 3 aromatic rings. The van der Waals surface area contributed by atoms with E-state index in [1.165, 1.54) is 19.4 Å². The molecule has 0 aliphatic rings. The lowest BCUT2D eigenvalue weighted by molar-refractivity contribution is 0.0963. The van der Waals surface area contributed by atoms with E-state index in [0.717, 1.165) is 21.8 Å². The van der Waals surface area contributed by atoms with Crippen LogP contribution in [0.5, 0.6) is 0 Å². The normalized spacial score (nSPS) is 11.0. The quantitative estimate of drug-likeness (QED) is 0.461. The number of sulfonamides is 1. The van der Waals surface area contributed by atoms with Gasteiger partial charge in [0.1, 0.15) is 11.5 Å². The summed E-state index contributed by atoms with van der Waals surface area (Å²) in [5, 5.41) is 8.83. The number of anilines is 4. The Morgan fingerprint density at radius 3 is 2.44 bits per heavy atom. The second-order valence-corrected chi connectivity index (χ2v) is 8.93. The molecule has 3 rings (SSSR count). The number of benzene rings is 1. The maximum Gasteiger partial charge on any atom is 0.251 e. The van der Waals surface area contributed by atoms with Gasteiger partial charge in [0.05, 0.1) is 12.8 Å². The van der Waals surface area contributed by atoms with E-state index in [0.29, 0.717) is 23.0 Å². The Balaban J connectivity index is 1.76. The molecule has 0 unspecified atom stereocenters. The van der Waals surface area contributed by atoms with Gasteiger partial charge in [-0.25, -0.2) is 18.4 Å². The SMILES string of the molecule is CNC(=O)c1ccc(Nc2ncc(C)c(NCc3nccnc3N(C)S(C)(=O)=O)n2)cc1. The van der Waals surface area contributed by atoms with Crippen LogP contribution in [0.3, 0.4) is 0 Å². The van der Waals surface area contributed by atoms with Crippen LogP contribution in [0.1, 0.15) is 21.6 Å². The number of aryl methyl sites for hydroxylation is 1. The zero-order valence-electron chi connectivity index (χ0n) is 18.1. The summed E-state index contributed by atoms with van der Waals surface area (Å²) in [6, 6.07) is 6.91. The third-order valence-corrected chi connectivity index (χ3v) is 5.74. The van der Waals surface area contributed by atoms with Gasteiger partial charge in [0.25, 0.3) is 5.91 Å². The first-order chi connectivity index (χ1) is 15.2. The summed E-state index contributed by atoms with van der Waals surface area (Å²) < 4.78 is 24.9. The number of nitrogens with zero attached hydrogens (tertiary/aromatic N) is 5. The molecule has 2 aromatic heterocycles. The first-order valence-electron chi connectivity index (χ1n) is 9.59. The maximum atomic E-state index is 11.9. The van der Waals surface area contributed by atoms with Crippen LogP contribution in [0, 0.1) is 6.92 Å². The van der Waals surface area contributed by atoms with Crippen molar-refractivity contribution in [3.05, 3.63) is 59.7 Å². The summed E-state index contributed by atoms with van der Waals surface area (Å²) in [5.74, 6) is 0.991. The number of hydrogen-bond donors (Lipinski definition) is 3. The molecule has 2 heterocycles. The van der Waals surface area contributed by atoms with Gasteiger partial charge in [-0.15, -0.1) is 0 Å². The van der Waals surface area contributed by atoms with Gasteiger partial charge >= 0.3 is 0 Å². The molecule has 3 N–H and O–H groups in total. The fraction of sp³-hybridized carbons (Fsp3) is 0.250. The number of carbonyl (C=O) groups is 1. The molecule has 1 amide bonds. The second-order valence-electron chi connectivity index (χ2n) is 6.92. The highest BCUT2D eigenvalue weighted by Crippen LogP contribution is 2.20. The van der Waals surface area contributed by atoms with E-state index in [4.69, 9.17) is 0 Å². The standard InChI is InChI=1S/C20H24N8O3S/c1-13-11-25-20(26-15-7-5-14(6-8-15)19(29)21-2)27-17(13)24-12-16-18(23-10-9-22-16)28(3)32(4,30)31/h5-11H,12H2,1-4H3,(H,21,29)(H2,24,25,26,27). The molecule has 0 saturated heterocycles. The largest absolute Gasteiger partial charge is 0.364 e. The lowest BCUT2D eigenvalue weighted by Gasteiger charge is -2.18. The van der Waals surface area contributed by atoms with Crippen molar-refractivity contribution >= 4 is 39.2 Å². The highest BCUT2D eigenvalue weighted by molar-refractivity contribution is 7.92. The van der Waals surface area contributed by atoms with Crippen molar-refractivity contribution in [3.63, 3.8) is 0 Å². The maximum absolute atomic E-state index is 11.9. The molecule has 0 saturated carbocycles. The summed E-state index contributed by atoms with van der Waals surface area (Å²) >= 11 is 0. The first-order valence-corrected chi connectivity index (χ1v) is 11.4. The smallest absolute Gasteiger partial charge is 0.251 e. The number of rotatable bonds is 8. The summed E-state index contributed by atoms with van der Waals surface area (Å²) in [4.78, 5) is 28.8. The van der Waals surface area contributed by atoms with Gasteiger partial charge in [-0.1, -0.05) is 0 Å². The van der Waals surface area contributed by atoms with Crippen molar-refractivity contribution in [1.82, 2.24) is 25.3 Å². The Morgan fingerprint density at radius 1 is 1.09 bits per heavy atom. The minimum atomic E-state index is -3.48. The fourth-order valence-electron chi connectivity index (χ4n) is 2.73. The van der Waals surface area contributed by atoms with Gasteiger partial charge in [0, 0.05) is 49.5 Å². The van der Waals surface area contributed by atoms with Gasteiger partial charge in [0.2, 0.25) is 16.0 Å². The zero-order chi connectivity index (χ0) is 23.3. The molecule has 0 fully saturated rings. The number of nitrogens with one attached hydrogen (secondary N) is 3. The van der Waals surface area contributed by atoms with Gasteiger partial charge < -0.3 is 16.0 Å². The van der Waals surface area contributed by atoms with Gasteiger partial charge in [-0.05, 0) is 31.2 Å². The number of aromatic nitrogens is 4. The van der Waals surface area contributed by atoms with Crippen LogP contribution in [0.15, 0.2) is 42.9 Å². The Bertz CT molecular complexity index is 1220. The topological polar surface area (TPSA) is 142 Å². The van der Waals surface area contributed by atoms with Crippen LogP contribution in [0.25, 0.3) is 0 Å². The van der Waals surface area contributed by atoms with Gasteiger partial charge in [-0.3, -0.25) is 14.1 Å². The zero-order valence-corrected chi connectivity index (χ0v) is 18.9. The van der Waals surface area contributed by atoms with Crippen LogP contribution in [-0.2, 0) is 16.6 Å². The van der Waals surface area contributed by atoms with Crippen LogP contribution < -0.4 is 20.3 Å². The summed E-state index contributed by atoms with van der Waals surface area (Å²) in [7, 11) is -0.476. The second kappa shape index (κ2) is 9.56. The van der Waals surface area contributed by atoms with Crippen molar-refractivity contribution in [1.29, 1.82) is 0 Å². The Labute approximate surface area is 186 Å². The number of hydrogen-bond acceptors (Lipinski definition) is 9. The minimum absolute atomic E-state index is 0.167. The molecule has 0 radical (unpaired) electrons. The highest BCUT2D eigenvalue weighted by Gasteiger charge is 2.18. The van der Waals surface area contributed by atoms with Crippen LogP contribution in [-0.4, -0.2) is 54.6 Å². The lowest BCUT2D eigenvalue weighted by atomic mass is 10.2. The number of carbonyl (C=O) groups excluding carboxylic acids is 1. The minimum Gasteiger partial charge on any atom is -0.364 e. The van der Waals surface area contributed by atoms with Crippen LogP contribution >= 0.6 is 0 Å². The molecule has 0 spiro atoms. The molecule has 0 atom stereocenters. The highest BCUT2D eigenvalue weighted by atomic mass is 32.2. The average Bonchev–Trinajstić information content (AvgIpc) is 2.78. The fourth-order valence-corrected chi connectivity index (χ4v) is 3.20. The molecule has 0 bridgehead atoms. The van der Waals surface area contributed by atoms with Crippen LogP contribution in [0.2, 0.25) is 0 Å². The van der Waals surface area contributed by atoms with E-state index in [1.54, 1.807) is 37.5 Å². The summed E-state index contributed by atoms with van der Waals surface area (Å²) in [6.45, 7) is 2.06. The lowest BCUT2D eigenvalue weighted by Crippen LogP contribution is -2.27.